The smallest absolute Gasteiger partial charge is 0.318 e. The summed E-state index contributed by atoms with van der Waals surface area (Å²) in [5.41, 5.74) is 0. The Morgan fingerprint density at radius 3 is 2.14 bits per heavy atom. The van der Waals surface area contributed by atoms with Crippen LogP contribution in [-0.4, -0.2) is 33.4 Å². The van der Waals surface area contributed by atoms with E-state index in [4.69, 9.17) is 10.2 Å². The molecule has 0 aromatic carbocycles. The Labute approximate surface area is 81.4 Å². The van der Waals surface area contributed by atoms with Gasteiger partial charge in [0, 0.05) is 0 Å². The summed E-state index contributed by atoms with van der Waals surface area (Å²) >= 11 is 0. The van der Waals surface area contributed by atoms with Crippen molar-refractivity contribution in [1.29, 1.82) is 0 Å². The van der Waals surface area contributed by atoms with Crippen LogP contribution in [0.4, 0.5) is 0 Å². The van der Waals surface area contributed by atoms with Gasteiger partial charge in [-0.15, -0.1) is 0 Å². The molecular weight excluding hydrogens is 188 g/mol. The Balaban J connectivity index is 2.67. The van der Waals surface area contributed by atoms with Crippen LogP contribution in [-0.2, 0) is 9.59 Å². The number of aliphatic hydroxyl groups is 1. The number of carboxylic acid groups (broad SMARTS) is 2. The monoisotopic (exact) mass is 202 g/mol. The van der Waals surface area contributed by atoms with Gasteiger partial charge in [-0.1, -0.05) is 6.42 Å². The van der Waals surface area contributed by atoms with Crippen LogP contribution >= 0.6 is 0 Å². The summed E-state index contributed by atoms with van der Waals surface area (Å²) in [6.07, 6.45) is 1.64. The predicted octanol–water partition coefficient (Wildman–Crippen LogP) is 0.323. The quantitative estimate of drug-likeness (QED) is 0.573. The molecular formula is C9H14O5. The first kappa shape index (κ1) is 11.0. The van der Waals surface area contributed by atoms with E-state index < -0.39 is 29.9 Å². The molecule has 5 nitrogen and oxygen atoms in total. The van der Waals surface area contributed by atoms with E-state index in [2.05, 4.69) is 0 Å². The second-order valence-corrected chi connectivity index (χ2v) is 3.73. The second kappa shape index (κ2) is 4.41. The number of carboxylic acids is 2. The van der Waals surface area contributed by atoms with Gasteiger partial charge in [-0.25, -0.2) is 0 Å². The maximum Gasteiger partial charge on any atom is 0.318 e. The van der Waals surface area contributed by atoms with Gasteiger partial charge < -0.3 is 15.3 Å². The molecule has 1 saturated carbocycles. The molecule has 0 heterocycles. The first-order valence-corrected chi connectivity index (χ1v) is 4.66. The van der Waals surface area contributed by atoms with Crippen molar-refractivity contribution in [3.05, 3.63) is 0 Å². The van der Waals surface area contributed by atoms with E-state index in [1.807, 2.05) is 0 Å². The van der Waals surface area contributed by atoms with E-state index in [0.717, 1.165) is 0 Å². The zero-order valence-corrected chi connectivity index (χ0v) is 7.72. The van der Waals surface area contributed by atoms with Gasteiger partial charge in [-0.2, -0.15) is 0 Å². The number of hydrogen-bond donors (Lipinski definition) is 3. The molecule has 1 aliphatic carbocycles. The van der Waals surface area contributed by atoms with Gasteiger partial charge in [-0.05, 0) is 25.2 Å². The van der Waals surface area contributed by atoms with Crippen molar-refractivity contribution < 1.29 is 24.9 Å². The van der Waals surface area contributed by atoms with E-state index in [-0.39, 0.29) is 6.42 Å². The highest BCUT2D eigenvalue weighted by molar-refractivity contribution is 5.93. The average Bonchev–Trinajstić information content (AvgIpc) is 2.02. The molecule has 1 fully saturated rings. The van der Waals surface area contributed by atoms with Crippen LogP contribution in [0.2, 0.25) is 0 Å². The van der Waals surface area contributed by atoms with Gasteiger partial charge in [0.1, 0.15) is 0 Å². The van der Waals surface area contributed by atoms with Gasteiger partial charge >= 0.3 is 11.9 Å². The molecule has 2 atom stereocenters. The zero-order chi connectivity index (χ0) is 10.7. The van der Waals surface area contributed by atoms with Crippen molar-refractivity contribution in [3.8, 4) is 0 Å². The van der Waals surface area contributed by atoms with E-state index in [0.29, 0.717) is 19.3 Å². The molecule has 0 bridgehead atoms. The van der Waals surface area contributed by atoms with Crippen LogP contribution in [0.15, 0.2) is 0 Å². The topological polar surface area (TPSA) is 94.8 Å². The summed E-state index contributed by atoms with van der Waals surface area (Å²) < 4.78 is 0. The highest BCUT2D eigenvalue weighted by Gasteiger charge is 2.37. The van der Waals surface area contributed by atoms with E-state index in [9.17, 15) is 14.7 Å². The summed E-state index contributed by atoms with van der Waals surface area (Å²) in [7, 11) is 0. The fourth-order valence-electron chi connectivity index (χ4n) is 2.01. The van der Waals surface area contributed by atoms with Crippen molar-refractivity contribution in [3.63, 3.8) is 0 Å². The Kier molecular flexibility index (Phi) is 3.46. The first-order valence-electron chi connectivity index (χ1n) is 4.66. The average molecular weight is 202 g/mol. The van der Waals surface area contributed by atoms with Crippen LogP contribution in [0.1, 0.15) is 25.7 Å². The predicted molar refractivity (Wildman–Crippen MR) is 46.7 cm³/mol. The highest BCUT2D eigenvalue weighted by atomic mass is 16.4. The first-order chi connectivity index (χ1) is 6.52. The van der Waals surface area contributed by atoms with E-state index in [1.165, 1.54) is 0 Å². The van der Waals surface area contributed by atoms with Crippen LogP contribution in [0, 0.1) is 11.8 Å². The number of aliphatic carboxylic acids is 2. The molecule has 80 valence electrons. The minimum atomic E-state index is -1.37. The normalized spacial score (nSPS) is 27.6. The molecule has 0 aromatic heterocycles. The highest BCUT2D eigenvalue weighted by Crippen LogP contribution is 2.30. The molecule has 14 heavy (non-hydrogen) atoms. The van der Waals surface area contributed by atoms with Crippen molar-refractivity contribution in [2.75, 3.05) is 0 Å². The number of hydrogen-bond acceptors (Lipinski definition) is 3. The largest absolute Gasteiger partial charge is 0.481 e. The molecule has 1 aliphatic rings. The molecule has 5 heteroatoms. The summed E-state index contributed by atoms with van der Waals surface area (Å²) in [6.45, 7) is 0. The second-order valence-electron chi connectivity index (χ2n) is 3.73. The Morgan fingerprint density at radius 1 is 1.14 bits per heavy atom. The maximum absolute atomic E-state index is 10.7. The Morgan fingerprint density at radius 2 is 1.71 bits per heavy atom. The lowest BCUT2D eigenvalue weighted by atomic mass is 9.79. The standard InChI is InChI=1S/C9H14O5/c10-6-3-1-2-5(4-6)7(8(11)12)9(13)14/h5-7,10H,1-4H2,(H,11,12)(H,13,14). The molecule has 1 rings (SSSR count). The van der Waals surface area contributed by atoms with Crippen LogP contribution in [0.25, 0.3) is 0 Å². The summed E-state index contributed by atoms with van der Waals surface area (Å²) in [4.78, 5) is 21.4. The van der Waals surface area contributed by atoms with Gasteiger partial charge in [0.25, 0.3) is 0 Å². The molecule has 2 unspecified atom stereocenters. The van der Waals surface area contributed by atoms with Crippen LogP contribution in [0.3, 0.4) is 0 Å². The van der Waals surface area contributed by atoms with E-state index >= 15 is 0 Å². The van der Waals surface area contributed by atoms with Gasteiger partial charge in [-0.3, -0.25) is 9.59 Å². The summed E-state index contributed by atoms with van der Waals surface area (Å²) in [5.74, 6) is -4.42. The zero-order valence-electron chi connectivity index (χ0n) is 7.72. The Bertz CT molecular complexity index is 223. The fraction of sp³-hybridized carbons (Fsp3) is 0.778. The summed E-state index contributed by atoms with van der Waals surface area (Å²) in [5, 5.41) is 26.7. The summed E-state index contributed by atoms with van der Waals surface area (Å²) in [6, 6.07) is 0. The minimum absolute atomic E-state index is 0.281. The minimum Gasteiger partial charge on any atom is -0.481 e. The van der Waals surface area contributed by atoms with E-state index in [1.54, 1.807) is 0 Å². The van der Waals surface area contributed by atoms with Crippen molar-refractivity contribution >= 4 is 11.9 Å². The third kappa shape index (κ3) is 2.45. The molecule has 0 spiro atoms. The van der Waals surface area contributed by atoms with Gasteiger partial charge in [0.05, 0.1) is 6.10 Å². The van der Waals surface area contributed by atoms with Crippen LogP contribution in [0.5, 0.6) is 0 Å². The lowest BCUT2D eigenvalue weighted by molar-refractivity contribution is -0.158. The van der Waals surface area contributed by atoms with Crippen LogP contribution < -0.4 is 0 Å². The van der Waals surface area contributed by atoms with Crippen molar-refractivity contribution in [1.82, 2.24) is 0 Å². The molecule has 0 radical (unpaired) electrons. The third-order valence-electron chi connectivity index (χ3n) is 2.69. The molecule has 0 amide bonds. The molecule has 0 saturated heterocycles. The van der Waals surface area contributed by atoms with Gasteiger partial charge in [0.2, 0.25) is 0 Å². The number of rotatable bonds is 3. The fourth-order valence-corrected chi connectivity index (χ4v) is 2.01. The molecule has 0 aromatic rings. The van der Waals surface area contributed by atoms with Crippen molar-refractivity contribution in [2.24, 2.45) is 11.8 Å². The lowest BCUT2D eigenvalue weighted by Gasteiger charge is -2.28. The SMILES string of the molecule is O=C(O)C(C(=O)O)C1CCCC(O)C1. The molecule has 3 N–H and O–H groups in total. The van der Waals surface area contributed by atoms with Gasteiger partial charge in [0.15, 0.2) is 5.92 Å². The van der Waals surface area contributed by atoms with Crippen molar-refractivity contribution in [2.45, 2.75) is 31.8 Å². The Hall–Kier alpha value is -1.10. The molecule has 0 aliphatic heterocycles. The number of carbonyl (C=O) groups is 2. The lowest BCUT2D eigenvalue weighted by Crippen LogP contribution is -2.35. The number of aliphatic hydroxyl groups excluding tert-OH is 1. The maximum atomic E-state index is 10.7. The third-order valence-corrected chi connectivity index (χ3v) is 2.69.